The van der Waals surface area contributed by atoms with Crippen LogP contribution >= 0.6 is 0 Å². The second-order valence-electron chi connectivity index (χ2n) is 5.08. The number of rotatable bonds is 6. The molecule has 2 atom stereocenters. The van der Waals surface area contributed by atoms with Crippen LogP contribution in [0, 0.1) is 5.92 Å². The van der Waals surface area contributed by atoms with E-state index in [2.05, 4.69) is 0 Å². The quantitative estimate of drug-likeness (QED) is 0.716. The molecule has 4 heteroatoms. The van der Waals surface area contributed by atoms with Crippen LogP contribution in [0.1, 0.15) is 38.5 Å². The summed E-state index contributed by atoms with van der Waals surface area (Å²) in [5.74, 6) is 0.695. The minimum atomic E-state index is 0.174. The Hall–Kier alpha value is -0.610. The van der Waals surface area contributed by atoms with Crippen LogP contribution in [0.25, 0.3) is 0 Å². The molecule has 0 heterocycles. The lowest BCUT2D eigenvalue weighted by molar-refractivity contribution is -0.129. The maximum Gasteiger partial charge on any atom is 0.222 e. The van der Waals surface area contributed by atoms with E-state index in [0.29, 0.717) is 25.0 Å². The number of ether oxygens (including phenoxy) is 1. The van der Waals surface area contributed by atoms with E-state index in [4.69, 9.17) is 10.5 Å². The van der Waals surface area contributed by atoms with E-state index < -0.39 is 0 Å². The molecule has 17 heavy (non-hydrogen) atoms. The van der Waals surface area contributed by atoms with Crippen molar-refractivity contribution in [2.75, 3.05) is 27.2 Å². The van der Waals surface area contributed by atoms with Gasteiger partial charge in [0.2, 0.25) is 5.91 Å². The largest absolute Gasteiger partial charge is 0.378 e. The van der Waals surface area contributed by atoms with E-state index in [1.165, 1.54) is 19.3 Å². The molecule has 0 spiro atoms. The van der Waals surface area contributed by atoms with Gasteiger partial charge < -0.3 is 15.4 Å². The van der Waals surface area contributed by atoms with Gasteiger partial charge in [0, 0.05) is 27.1 Å². The van der Waals surface area contributed by atoms with E-state index in [1.54, 1.807) is 19.0 Å². The highest BCUT2D eigenvalue weighted by Crippen LogP contribution is 2.26. The molecule has 0 saturated heterocycles. The third-order valence-electron chi connectivity index (χ3n) is 3.51. The van der Waals surface area contributed by atoms with Crippen molar-refractivity contribution in [2.45, 2.75) is 44.6 Å². The molecule has 0 aromatic rings. The number of nitrogens with two attached hydrogens (primary N) is 1. The lowest BCUT2D eigenvalue weighted by Crippen LogP contribution is -2.33. The van der Waals surface area contributed by atoms with Gasteiger partial charge in [-0.05, 0) is 31.7 Å². The number of carbonyl (C=O) groups is 1. The zero-order valence-corrected chi connectivity index (χ0v) is 11.2. The predicted octanol–water partition coefficient (Wildman–Crippen LogP) is 1.39. The number of carbonyl (C=O) groups excluding carboxylic acids is 1. The van der Waals surface area contributed by atoms with Gasteiger partial charge in [0.1, 0.15) is 0 Å². The standard InChI is InChI=1S/C13H26N2O2/c1-15(2)13(16)8-5-9-17-12-7-4-3-6-11(12)10-14/h11-12H,3-10,14H2,1-2H3. The average molecular weight is 242 g/mol. The van der Waals surface area contributed by atoms with Crippen LogP contribution in [-0.2, 0) is 9.53 Å². The molecule has 0 aliphatic heterocycles. The van der Waals surface area contributed by atoms with Gasteiger partial charge in [-0.15, -0.1) is 0 Å². The number of hydrogen-bond donors (Lipinski definition) is 1. The van der Waals surface area contributed by atoms with Crippen LogP contribution in [-0.4, -0.2) is 44.2 Å². The maximum atomic E-state index is 11.4. The second kappa shape index (κ2) is 7.67. The summed E-state index contributed by atoms with van der Waals surface area (Å²) in [5, 5.41) is 0. The highest BCUT2D eigenvalue weighted by Gasteiger charge is 2.24. The SMILES string of the molecule is CN(C)C(=O)CCCOC1CCCCC1CN. The molecule has 1 aliphatic carbocycles. The molecule has 0 bridgehead atoms. The van der Waals surface area contributed by atoms with E-state index in [1.807, 2.05) is 0 Å². The molecular weight excluding hydrogens is 216 g/mol. The molecule has 0 aromatic heterocycles. The molecule has 1 saturated carbocycles. The molecular formula is C13H26N2O2. The van der Waals surface area contributed by atoms with Crippen LogP contribution in [0.3, 0.4) is 0 Å². The van der Waals surface area contributed by atoms with Gasteiger partial charge in [-0.1, -0.05) is 12.8 Å². The number of amides is 1. The topological polar surface area (TPSA) is 55.6 Å². The molecule has 1 fully saturated rings. The molecule has 1 aliphatic rings. The van der Waals surface area contributed by atoms with Gasteiger partial charge in [0.15, 0.2) is 0 Å². The van der Waals surface area contributed by atoms with Crippen LogP contribution in [0.2, 0.25) is 0 Å². The lowest BCUT2D eigenvalue weighted by atomic mass is 9.86. The van der Waals surface area contributed by atoms with Crippen LogP contribution in [0.4, 0.5) is 0 Å². The normalized spacial score (nSPS) is 24.6. The molecule has 100 valence electrons. The first-order valence-electron chi connectivity index (χ1n) is 6.67. The Labute approximate surface area is 104 Å². The zero-order chi connectivity index (χ0) is 12.7. The fourth-order valence-electron chi connectivity index (χ4n) is 2.34. The van der Waals surface area contributed by atoms with E-state index in [-0.39, 0.29) is 5.91 Å². The summed E-state index contributed by atoms with van der Waals surface area (Å²) < 4.78 is 5.87. The lowest BCUT2D eigenvalue weighted by Gasteiger charge is -2.30. The van der Waals surface area contributed by atoms with Crippen molar-refractivity contribution in [1.29, 1.82) is 0 Å². The summed E-state index contributed by atoms with van der Waals surface area (Å²) in [5.41, 5.74) is 5.75. The van der Waals surface area contributed by atoms with Crippen molar-refractivity contribution in [2.24, 2.45) is 11.7 Å². The summed E-state index contributed by atoms with van der Waals surface area (Å²) in [7, 11) is 3.57. The van der Waals surface area contributed by atoms with Gasteiger partial charge in [-0.3, -0.25) is 4.79 Å². The fourth-order valence-corrected chi connectivity index (χ4v) is 2.34. The summed E-state index contributed by atoms with van der Waals surface area (Å²) in [4.78, 5) is 13.0. The van der Waals surface area contributed by atoms with Crippen molar-refractivity contribution in [1.82, 2.24) is 4.90 Å². The Bertz CT molecular complexity index is 231. The van der Waals surface area contributed by atoms with E-state index >= 15 is 0 Å². The summed E-state index contributed by atoms with van der Waals surface area (Å²) in [6.45, 7) is 1.40. The smallest absolute Gasteiger partial charge is 0.222 e. The minimum Gasteiger partial charge on any atom is -0.378 e. The van der Waals surface area contributed by atoms with Crippen molar-refractivity contribution < 1.29 is 9.53 Å². The second-order valence-corrected chi connectivity index (χ2v) is 5.08. The van der Waals surface area contributed by atoms with Crippen molar-refractivity contribution in [3.63, 3.8) is 0 Å². The van der Waals surface area contributed by atoms with Crippen LogP contribution in [0.5, 0.6) is 0 Å². The molecule has 4 nitrogen and oxygen atoms in total. The molecule has 0 aromatic carbocycles. The molecule has 1 amide bonds. The Balaban J connectivity index is 2.14. The van der Waals surface area contributed by atoms with Crippen molar-refractivity contribution in [3.05, 3.63) is 0 Å². The Morgan fingerprint density at radius 3 is 2.71 bits per heavy atom. The van der Waals surface area contributed by atoms with Gasteiger partial charge >= 0.3 is 0 Å². The van der Waals surface area contributed by atoms with E-state index in [9.17, 15) is 4.79 Å². The van der Waals surface area contributed by atoms with Gasteiger partial charge in [-0.2, -0.15) is 0 Å². The molecule has 0 radical (unpaired) electrons. The highest BCUT2D eigenvalue weighted by atomic mass is 16.5. The van der Waals surface area contributed by atoms with Crippen LogP contribution in [0.15, 0.2) is 0 Å². The first-order valence-corrected chi connectivity index (χ1v) is 6.67. The Morgan fingerprint density at radius 1 is 1.35 bits per heavy atom. The molecule has 2 unspecified atom stereocenters. The third kappa shape index (κ3) is 5.04. The first-order chi connectivity index (χ1) is 8.15. The monoisotopic (exact) mass is 242 g/mol. The van der Waals surface area contributed by atoms with Gasteiger partial charge in [0.25, 0.3) is 0 Å². The van der Waals surface area contributed by atoms with Crippen molar-refractivity contribution in [3.8, 4) is 0 Å². The average Bonchev–Trinajstić information content (AvgIpc) is 2.34. The zero-order valence-electron chi connectivity index (χ0n) is 11.2. The first kappa shape index (κ1) is 14.5. The Kier molecular flexibility index (Phi) is 6.52. The maximum absolute atomic E-state index is 11.4. The summed E-state index contributed by atoms with van der Waals surface area (Å²) in [6, 6.07) is 0. The third-order valence-corrected chi connectivity index (χ3v) is 3.51. The van der Waals surface area contributed by atoms with Gasteiger partial charge in [0.05, 0.1) is 6.10 Å². The molecule has 2 N–H and O–H groups in total. The number of hydrogen-bond acceptors (Lipinski definition) is 3. The Morgan fingerprint density at radius 2 is 2.06 bits per heavy atom. The summed E-state index contributed by atoms with van der Waals surface area (Å²) >= 11 is 0. The van der Waals surface area contributed by atoms with Crippen molar-refractivity contribution >= 4 is 5.91 Å². The molecule has 1 rings (SSSR count). The van der Waals surface area contributed by atoms with Gasteiger partial charge in [-0.25, -0.2) is 0 Å². The summed E-state index contributed by atoms with van der Waals surface area (Å²) in [6.07, 6.45) is 6.56. The number of nitrogens with zero attached hydrogens (tertiary/aromatic N) is 1. The highest BCUT2D eigenvalue weighted by molar-refractivity contribution is 5.75. The minimum absolute atomic E-state index is 0.174. The van der Waals surface area contributed by atoms with E-state index in [0.717, 1.165) is 19.4 Å². The fraction of sp³-hybridized carbons (Fsp3) is 0.923. The van der Waals surface area contributed by atoms with Crippen LogP contribution < -0.4 is 5.73 Å². The predicted molar refractivity (Wildman–Crippen MR) is 68.7 cm³/mol.